The molecule has 1 aromatic carbocycles. The highest BCUT2D eigenvalue weighted by atomic mass is 35.5. The number of hydrogen-bond acceptors (Lipinski definition) is 5. The van der Waals surface area contributed by atoms with E-state index in [1.54, 1.807) is 25.4 Å². The van der Waals surface area contributed by atoms with Crippen molar-refractivity contribution in [3.8, 4) is 22.9 Å². The largest absolute Gasteiger partial charge is 0.482 e. The maximum absolute atomic E-state index is 13.9. The maximum Gasteiger partial charge on any atom is 0.166 e. The second kappa shape index (κ2) is 8.74. The standard InChI is InChI=1S/C22H20Cl2FN5O/c1-12(20-17(23)2-3-18(25)21(20)24)31-19-8-14(9-28-22(19)27)15-10-29-30(11-15)16-6-13(7-16)4-5-26/h2-3,8-13,16H,4,6-7H2,1H3,(H2,27,28). The molecule has 1 saturated carbocycles. The molecular weight excluding hydrogens is 440 g/mol. The van der Waals surface area contributed by atoms with Gasteiger partial charge >= 0.3 is 0 Å². The lowest BCUT2D eigenvalue weighted by molar-refractivity contribution is 0.187. The predicted molar refractivity (Wildman–Crippen MR) is 117 cm³/mol. The summed E-state index contributed by atoms with van der Waals surface area (Å²) in [5, 5.41) is 13.5. The molecule has 0 saturated heterocycles. The van der Waals surface area contributed by atoms with Gasteiger partial charge in [-0.3, -0.25) is 4.68 Å². The summed E-state index contributed by atoms with van der Waals surface area (Å²) in [5.74, 6) is 0.414. The van der Waals surface area contributed by atoms with Crippen LogP contribution in [0.1, 0.15) is 43.9 Å². The average molecular weight is 460 g/mol. The molecule has 1 fully saturated rings. The van der Waals surface area contributed by atoms with Crippen LogP contribution in [0.5, 0.6) is 5.75 Å². The number of benzene rings is 1. The van der Waals surface area contributed by atoms with Gasteiger partial charge in [0, 0.05) is 40.5 Å². The van der Waals surface area contributed by atoms with Gasteiger partial charge in [-0.1, -0.05) is 23.2 Å². The number of nitrogen functional groups attached to an aromatic ring is 1. The molecule has 3 aromatic rings. The van der Waals surface area contributed by atoms with E-state index < -0.39 is 11.9 Å². The molecule has 0 spiro atoms. The molecule has 2 heterocycles. The Balaban J connectivity index is 1.54. The fraction of sp³-hybridized carbons (Fsp3) is 0.318. The van der Waals surface area contributed by atoms with E-state index in [2.05, 4.69) is 16.2 Å². The van der Waals surface area contributed by atoms with Crippen LogP contribution >= 0.6 is 23.2 Å². The molecule has 1 atom stereocenters. The predicted octanol–water partition coefficient (Wildman–Crippen LogP) is 5.98. The number of ether oxygens (including phenoxy) is 1. The van der Waals surface area contributed by atoms with E-state index in [1.807, 2.05) is 10.9 Å². The second-order valence-electron chi connectivity index (χ2n) is 7.69. The first-order valence-electron chi connectivity index (χ1n) is 9.84. The van der Waals surface area contributed by atoms with Crippen LogP contribution in [0.15, 0.2) is 36.8 Å². The minimum Gasteiger partial charge on any atom is -0.482 e. The molecule has 160 valence electrons. The van der Waals surface area contributed by atoms with E-state index in [4.69, 9.17) is 38.9 Å². The van der Waals surface area contributed by atoms with Crippen LogP contribution in [0.3, 0.4) is 0 Å². The zero-order valence-electron chi connectivity index (χ0n) is 16.7. The smallest absolute Gasteiger partial charge is 0.166 e. The number of nitrogens with two attached hydrogens (primary N) is 1. The highest BCUT2D eigenvalue weighted by molar-refractivity contribution is 6.36. The molecule has 1 unspecified atom stereocenters. The molecule has 0 radical (unpaired) electrons. The first-order valence-corrected chi connectivity index (χ1v) is 10.6. The molecule has 0 amide bonds. The van der Waals surface area contributed by atoms with Crippen molar-refractivity contribution < 1.29 is 9.13 Å². The van der Waals surface area contributed by atoms with Crippen LogP contribution in [-0.4, -0.2) is 14.8 Å². The third-order valence-electron chi connectivity index (χ3n) is 5.57. The number of halogens is 3. The monoisotopic (exact) mass is 459 g/mol. The maximum atomic E-state index is 13.9. The zero-order valence-corrected chi connectivity index (χ0v) is 18.2. The number of pyridine rings is 1. The van der Waals surface area contributed by atoms with Crippen molar-refractivity contribution in [1.29, 1.82) is 5.26 Å². The van der Waals surface area contributed by atoms with Crippen molar-refractivity contribution in [2.45, 2.75) is 38.3 Å². The minimum absolute atomic E-state index is 0.0841. The molecule has 6 nitrogen and oxygen atoms in total. The summed E-state index contributed by atoms with van der Waals surface area (Å²) < 4.78 is 21.8. The van der Waals surface area contributed by atoms with Gasteiger partial charge in [-0.15, -0.1) is 0 Å². The number of aromatic nitrogens is 3. The highest BCUT2D eigenvalue weighted by Gasteiger charge is 2.30. The molecular formula is C22H20Cl2FN5O. The Labute approximate surface area is 189 Å². The topological polar surface area (TPSA) is 89.8 Å². The Morgan fingerprint density at radius 3 is 2.84 bits per heavy atom. The van der Waals surface area contributed by atoms with E-state index >= 15 is 0 Å². The van der Waals surface area contributed by atoms with Crippen molar-refractivity contribution >= 4 is 29.0 Å². The van der Waals surface area contributed by atoms with E-state index in [9.17, 15) is 4.39 Å². The van der Waals surface area contributed by atoms with Crippen LogP contribution in [-0.2, 0) is 0 Å². The summed E-state index contributed by atoms with van der Waals surface area (Å²) in [6.45, 7) is 1.71. The van der Waals surface area contributed by atoms with Gasteiger partial charge in [0.15, 0.2) is 11.6 Å². The second-order valence-corrected chi connectivity index (χ2v) is 8.47. The van der Waals surface area contributed by atoms with Gasteiger partial charge < -0.3 is 10.5 Å². The molecule has 0 aliphatic heterocycles. The van der Waals surface area contributed by atoms with Gasteiger partial charge in [0.25, 0.3) is 0 Å². The lowest BCUT2D eigenvalue weighted by atomic mass is 9.79. The number of nitriles is 1. The van der Waals surface area contributed by atoms with Gasteiger partial charge in [-0.05, 0) is 43.9 Å². The van der Waals surface area contributed by atoms with E-state index in [0.717, 1.165) is 24.0 Å². The Hall–Kier alpha value is -2.82. The van der Waals surface area contributed by atoms with Crippen LogP contribution in [0, 0.1) is 23.1 Å². The Bertz CT molecular complexity index is 1150. The average Bonchev–Trinajstić information content (AvgIpc) is 3.19. The summed E-state index contributed by atoms with van der Waals surface area (Å²) in [7, 11) is 0. The van der Waals surface area contributed by atoms with Crippen molar-refractivity contribution in [2.24, 2.45) is 5.92 Å². The van der Waals surface area contributed by atoms with E-state index in [-0.39, 0.29) is 10.8 Å². The summed E-state index contributed by atoms with van der Waals surface area (Å²) in [4.78, 5) is 4.23. The molecule has 1 aliphatic carbocycles. The van der Waals surface area contributed by atoms with Gasteiger partial charge in [-0.2, -0.15) is 10.4 Å². The molecule has 2 N–H and O–H groups in total. The van der Waals surface area contributed by atoms with Crippen molar-refractivity contribution in [1.82, 2.24) is 14.8 Å². The summed E-state index contributed by atoms with van der Waals surface area (Å²) >= 11 is 12.3. The summed E-state index contributed by atoms with van der Waals surface area (Å²) in [6, 6.07) is 6.94. The highest BCUT2D eigenvalue weighted by Crippen LogP contribution is 2.40. The van der Waals surface area contributed by atoms with E-state index in [1.165, 1.54) is 12.1 Å². The van der Waals surface area contributed by atoms with Crippen molar-refractivity contribution in [3.05, 3.63) is 58.2 Å². The number of rotatable bonds is 6. The lowest BCUT2D eigenvalue weighted by Gasteiger charge is -2.33. The first-order chi connectivity index (χ1) is 14.9. The molecule has 2 aromatic heterocycles. The quantitative estimate of drug-likeness (QED) is 0.457. The summed E-state index contributed by atoms with van der Waals surface area (Å²) in [5.41, 5.74) is 8.00. The van der Waals surface area contributed by atoms with Gasteiger partial charge in [0.2, 0.25) is 0 Å². The SMILES string of the molecule is CC(Oc1cc(-c2cnn(C3CC(CC#N)C3)c2)cnc1N)c1c(Cl)ccc(F)c1Cl. The van der Waals surface area contributed by atoms with Gasteiger partial charge in [0.05, 0.1) is 23.3 Å². The van der Waals surface area contributed by atoms with Crippen molar-refractivity contribution in [2.75, 3.05) is 5.73 Å². The number of nitrogens with zero attached hydrogens (tertiary/aromatic N) is 4. The number of anilines is 1. The minimum atomic E-state index is -0.648. The van der Waals surface area contributed by atoms with Crippen LogP contribution in [0.2, 0.25) is 10.0 Å². The van der Waals surface area contributed by atoms with Crippen molar-refractivity contribution in [3.63, 3.8) is 0 Å². The molecule has 9 heteroatoms. The van der Waals surface area contributed by atoms with Gasteiger partial charge in [0.1, 0.15) is 11.9 Å². The first kappa shape index (κ1) is 21.4. The van der Waals surface area contributed by atoms with Crippen LogP contribution in [0.25, 0.3) is 11.1 Å². The molecule has 4 rings (SSSR count). The molecule has 31 heavy (non-hydrogen) atoms. The Kier molecular flexibility index (Phi) is 6.03. The van der Waals surface area contributed by atoms with Crippen LogP contribution in [0.4, 0.5) is 10.2 Å². The summed E-state index contributed by atoms with van der Waals surface area (Å²) in [6.07, 6.45) is 7.21. The fourth-order valence-electron chi connectivity index (χ4n) is 3.77. The normalized spacial score (nSPS) is 18.8. The number of hydrogen-bond donors (Lipinski definition) is 1. The third-order valence-corrected chi connectivity index (χ3v) is 6.28. The molecule has 0 bridgehead atoms. The Morgan fingerprint density at radius 2 is 2.10 bits per heavy atom. The van der Waals surface area contributed by atoms with Crippen LogP contribution < -0.4 is 10.5 Å². The zero-order chi connectivity index (χ0) is 22.1. The van der Waals surface area contributed by atoms with E-state index in [0.29, 0.717) is 34.7 Å². The molecule has 1 aliphatic rings. The van der Waals surface area contributed by atoms with Gasteiger partial charge in [-0.25, -0.2) is 9.37 Å². The lowest BCUT2D eigenvalue weighted by Crippen LogP contribution is -2.26. The Morgan fingerprint density at radius 1 is 1.32 bits per heavy atom. The fourth-order valence-corrected chi connectivity index (χ4v) is 4.45. The third kappa shape index (κ3) is 4.32.